The smallest absolute Gasteiger partial charge is 0.0717 e. The molecule has 2 nitrogen and oxygen atoms in total. The van der Waals surface area contributed by atoms with Crippen molar-refractivity contribution in [3.63, 3.8) is 0 Å². The summed E-state index contributed by atoms with van der Waals surface area (Å²) in [6, 6.07) is 18.7. The van der Waals surface area contributed by atoms with Crippen LogP contribution in [0.1, 0.15) is 11.1 Å². The van der Waals surface area contributed by atoms with Crippen LogP contribution in [0.5, 0.6) is 0 Å². The van der Waals surface area contributed by atoms with Crippen molar-refractivity contribution in [2.75, 3.05) is 6.61 Å². The summed E-state index contributed by atoms with van der Waals surface area (Å²) in [6.07, 6.45) is 3.02. The second kappa shape index (κ2) is 5.72. The molecule has 0 unspecified atom stereocenters. The van der Waals surface area contributed by atoms with E-state index in [-0.39, 0.29) is 0 Å². The van der Waals surface area contributed by atoms with Crippen molar-refractivity contribution in [1.82, 2.24) is 4.98 Å². The van der Waals surface area contributed by atoms with Crippen LogP contribution in [-0.2, 0) is 17.8 Å². The van der Waals surface area contributed by atoms with E-state index in [1.807, 2.05) is 18.2 Å². The molecule has 0 bridgehead atoms. The van der Waals surface area contributed by atoms with E-state index in [0.717, 1.165) is 13.0 Å². The predicted molar refractivity (Wildman–Crippen MR) is 78.1 cm³/mol. The maximum absolute atomic E-state index is 5.73. The Hall–Kier alpha value is -2.06. The summed E-state index contributed by atoms with van der Waals surface area (Å²) in [6.45, 7) is 1.43. The SMILES string of the molecule is c1ccc(COCCc2c[nH]c3ccccc23)cc1. The average Bonchev–Trinajstić information content (AvgIpc) is 2.88. The highest BCUT2D eigenvalue weighted by molar-refractivity contribution is 5.82. The molecule has 1 heterocycles. The summed E-state index contributed by atoms with van der Waals surface area (Å²) in [5.74, 6) is 0. The zero-order valence-electron chi connectivity index (χ0n) is 10.8. The van der Waals surface area contributed by atoms with Gasteiger partial charge in [-0.15, -0.1) is 0 Å². The number of fused-ring (bicyclic) bond motifs is 1. The van der Waals surface area contributed by atoms with Gasteiger partial charge in [0, 0.05) is 17.1 Å². The van der Waals surface area contributed by atoms with Gasteiger partial charge in [-0.3, -0.25) is 0 Å². The van der Waals surface area contributed by atoms with E-state index in [4.69, 9.17) is 4.74 Å². The van der Waals surface area contributed by atoms with E-state index in [1.54, 1.807) is 0 Å². The third-order valence-corrected chi connectivity index (χ3v) is 3.30. The number of nitrogens with one attached hydrogen (secondary N) is 1. The van der Waals surface area contributed by atoms with E-state index >= 15 is 0 Å². The van der Waals surface area contributed by atoms with Crippen LogP contribution in [0.15, 0.2) is 60.8 Å². The molecule has 1 N–H and O–H groups in total. The van der Waals surface area contributed by atoms with Gasteiger partial charge in [0.25, 0.3) is 0 Å². The first-order valence-corrected chi connectivity index (χ1v) is 6.60. The molecule has 0 spiro atoms. The van der Waals surface area contributed by atoms with Crippen LogP contribution < -0.4 is 0 Å². The van der Waals surface area contributed by atoms with Crippen LogP contribution in [0.2, 0.25) is 0 Å². The summed E-state index contributed by atoms with van der Waals surface area (Å²) >= 11 is 0. The van der Waals surface area contributed by atoms with Gasteiger partial charge >= 0.3 is 0 Å². The summed E-state index contributed by atoms with van der Waals surface area (Å²) in [5, 5.41) is 1.30. The van der Waals surface area contributed by atoms with Crippen LogP contribution >= 0.6 is 0 Å². The van der Waals surface area contributed by atoms with Gasteiger partial charge in [0.15, 0.2) is 0 Å². The zero-order valence-corrected chi connectivity index (χ0v) is 10.8. The minimum absolute atomic E-state index is 0.684. The zero-order chi connectivity index (χ0) is 12.9. The van der Waals surface area contributed by atoms with Crippen molar-refractivity contribution in [2.45, 2.75) is 13.0 Å². The molecule has 0 radical (unpaired) electrons. The van der Waals surface area contributed by atoms with Crippen molar-refractivity contribution < 1.29 is 4.74 Å². The molecule has 0 saturated heterocycles. The summed E-state index contributed by atoms with van der Waals surface area (Å²) < 4.78 is 5.73. The van der Waals surface area contributed by atoms with E-state index in [2.05, 4.69) is 47.6 Å². The molecule has 0 amide bonds. The molecule has 19 heavy (non-hydrogen) atoms. The lowest BCUT2D eigenvalue weighted by molar-refractivity contribution is 0.124. The van der Waals surface area contributed by atoms with Crippen LogP contribution in [0.25, 0.3) is 10.9 Å². The molecule has 0 saturated carbocycles. The van der Waals surface area contributed by atoms with Crippen LogP contribution in [0.3, 0.4) is 0 Å². The van der Waals surface area contributed by atoms with Crippen molar-refractivity contribution in [1.29, 1.82) is 0 Å². The number of aromatic amines is 1. The van der Waals surface area contributed by atoms with E-state index in [1.165, 1.54) is 22.0 Å². The van der Waals surface area contributed by atoms with Gasteiger partial charge < -0.3 is 9.72 Å². The highest BCUT2D eigenvalue weighted by atomic mass is 16.5. The molecular formula is C17H17NO. The number of ether oxygens (including phenoxy) is 1. The van der Waals surface area contributed by atoms with E-state index in [9.17, 15) is 0 Å². The minimum Gasteiger partial charge on any atom is -0.376 e. The van der Waals surface area contributed by atoms with Gasteiger partial charge in [-0.2, -0.15) is 0 Å². The molecule has 0 aliphatic carbocycles. The van der Waals surface area contributed by atoms with Crippen molar-refractivity contribution >= 4 is 10.9 Å². The molecule has 96 valence electrons. The molecule has 2 aromatic carbocycles. The largest absolute Gasteiger partial charge is 0.376 e. The third-order valence-electron chi connectivity index (χ3n) is 3.30. The number of para-hydroxylation sites is 1. The Morgan fingerprint density at radius 1 is 0.895 bits per heavy atom. The molecule has 0 aliphatic rings. The summed E-state index contributed by atoms with van der Waals surface area (Å²) in [5.41, 5.74) is 3.74. The normalized spacial score (nSPS) is 10.9. The summed E-state index contributed by atoms with van der Waals surface area (Å²) in [4.78, 5) is 3.29. The molecule has 0 fully saturated rings. The number of H-pyrrole nitrogens is 1. The lowest BCUT2D eigenvalue weighted by atomic mass is 10.1. The second-order valence-electron chi connectivity index (χ2n) is 4.65. The topological polar surface area (TPSA) is 25.0 Å². The van der Waals surface area contributed by atoms with Gasteiger partial charge in [-0.25, -0.2) is 0 Å². The molecular weight excluding hydrogens is 234 g/mol. The predicted octanol–water partition coefficient (Wildman–Crippen LogP) is 3.93. The highest BCUT2D eigenvalue weighted by Crippen LogP contribution is 2.18. The fraction of sp³-hybridized carbons (Fsp3) is 0.176. The van der Waals surface area contributed by atoms with Crippen molar-refractivity contribution in [3.05, 3.63) is 71.9 Å². The Morgan fingerprint density at radius 2 is 1.68 bits per heavy atom. The maximum atomic E-state index is 5.73. The van der Waals surface area contributed by atoms with Crippen LogP contribution in [0.4, 0.5) is 0 Å². The molecule has 3 rings (SSSR count). The van der Waals surface area contributed by atoms with E-state index in [0.29, 0.717) is 6.61 Å². The van der Waals surface area contributed by atoms with Gasteiger partial charge in [-0.1, -0.05) is 48.5 Å². The number of aromatic nitrogens is 1. The lowest BCUT2D eigenvalue weighted by Crippen LogP contribution is -1.98. The Bertz CT molecular complexity index is 642. The van der Waals surface area contributed by atoms with Crippen LogP contribution in [-0.4, -0.2) is 11.6 Å². The molecule has 3 aromatic rings. The fourth-order valence-corrected chi connectivity index (χ4v) is 2.28. The van der Waals surface area contributed by atoms with Crippen molar-refractivity contribution in [3.8, 4) is 0 Å². The van der Waals surface area contributed by atoms with E-state index < -0.39 is 0 Å². The standard InChI is InChI=1S/C17H17NO/c1-2-6-14(7-3-1)13-19-11-10-15-12-18-17-9-5-4-8-16(15)17/h1-9,12,18H,10-11,13H2. The van der Waals surface area contributed by atoms with Crippen molar-refractivity contribution in [2.24, 2.45) is 0 Å². The van der Waals surface area contributed by atoms with Gasteiger partial charge in [-0.05, 0) is 23.6 Å². The van der Waals surface area contributed by atoms with Crippen LogP contribution in [0, 0.1) is 0 Å². The lowest BCUT2D eigenvalue weighted by Gasteiger charge is -2.04. The Labute approximate surface area is 113 Å². The number of hydrogen-bond acceptors (Lipinski definition) is 1. The Kier molecular flexibility index (Phi) is 3.61. The Balaban J connectivity index is 1.55. The fourth-order valence-electron chi connectivity index (χ4n) is 2.28. The number of rotatable bonds is 5. The van der Waals surface area contributed by atoms with Gasteiger partial charge in [0.2, 0.25) is 0 Å². The molecule has 0 aliphatic heterocycles. The second-order valence-corrected chi connectivity index (χ2v) is 4.65. The Morgan fingerprint density at radius 3 is 2.58 bits per heavy atom. The first-order chi connectivity index (χ1) is 9.43. The third kappa shape index (κ3) is 2.85. The first kappa shape index (κ1) is 12.0. The monoisotopic (exact) mass is 251 g/mol. The molecule has 1 aromatic heterocycles. The first-order valence-electron chi connectivity index (χ1n) is 6.60. The summed E-state index contributed by atoms with van der Waals surface area (Å²) in [7, 11) is 0. The average molecular weight is 251 g/mol. The number of benzene rings is 2. The highest BCUT2D eigenvalue weighted by Gasteiger charge is 2.02. The number of hydrogen-bond donors (Lipinski definition) is 1. The quantitative estimate of drug-likeness (QED) is 0.683. The molecule has 0 atom stereocenters. The minimum atomic E-state index is 0.684. The molecule has 2 heteroatoms. The van der Waals surface area contributed by atoms with Gasteiger partial charge in [0.05, 0.1) is 13.2 Å². The van der Waals surface area contributed by atoms with Gasteiger partial charge in [0.1, 0.15) is 0 Å². The maximum Gasteiger partial charge on any atom is 0.0717 e.